The summed E-state index contributed by atoms with van der Waals surface area (Å²) in [7, 11) is 0. The first-order chi connectivity index (χ1) is 12.3. The zero-order valence-electron chi connectivity index (χ0n) is 14.1. The van der Waals surface area contributed by atoms with Gasteiger partial charge in [0.15, 0.2) is 5.01 Å². The summed E-state index contributed by atoms with van der Waals surface area (Å²) in [5.41, 5.74) is 2.09. The molecule has 4 rings (SSSR count). The summed E-state index contributed by atoms with van der Waals surface area (Å²) in [5, 5.41) is 14.0. The highest BCUT2D eigenvalue weighted by Crippen LogP contribution is 2.28. The molecule has 0 aromatic carbocycles. The highest BCUT2D eigenvalue weighted by atomic mass is 32.1. The zero-order chi connectivity index (χ0) is 17.1. The van der Waals surface area contributed by atoms with Crippen LogP contribution in [0.1, 0.15) is 17.6 Å². The minimum Gasteiger partial charge on any atom is -0.344 e. The number of piperazine rings is 1. The van der Waals surface area contributed by atoms with Crippen LogP contribution in [-0.2, 0) is 13.0 Å². The van der Waals surface area contributed by atoms with Gasteiger partial charge in [0.25, 0.3) is 0 Å². The van der Waals surface area contributed by atoms with Gasteiger partial charge in [0, 0.05) is 44.3 Å². The van der Waals surface area contributed by atoms with Gasteiger partial charge >= 0.3 is 0 Å². The highest BCUT2D eigenvalue weighted by molar-refractivity contribution is 7.18. The first kappa shape index (κ1) is 16.6. The topological polar surface area (TPSA) is 58.0 Å². The summed E-state index contributed by atoms with van der Waals surface area (Å²) in [4.78, 5) is 13.8. The van der Waals surface area contributed by atoms with Crippen molar-refractivity contribution in [1.82, 2.24) is 25.1 Å². The molecule has 0 bridgehead atoms. The Hall–Kier alpha value is -1.90. The summed E-state index contributed by atoms with van der Waals surface area (Å²) in [6.45, 7) is 7.10. The third kappa shape index (κ3) is 3.86. The average Bonchev–Trinajstić information content (AvgIpc) is 3.33. The van der Waals surface area contributed by atoms with E-state index in [0.717, 1.165) is 55.0 Å². The Morgan fingerprint density at radius 2 is 2.00 bits per heavy atom. The minimum atomic E-state index is 0.882. The molecule has 1 saturated heterocycles. The van der Waals surface area contributed by atoms with Crippen LogP contribution < -0.4 is 4.90 Å². The van der Waals surface area contributed by atoms with Crippen molar-refractivity contribution in [3.05, 3.63) is 40.5 Å². The van der Waals surface area contributed by atoms with Crippen LogP contribution in [0.15, 0.2) is 29.8 Å². The lowest BCUT2D eigenvalue weighted by molar-refractivity contribution is 0.247. The summed E-state index contributed by atoms with van der Waals surface area (Å²) in [6, 6.07) is 5.86. The molecule has 0 unspecified atom stereocenters. The van der Waals surface area contributed by atoms with Gasteiger partial charge < -0.3 is 4.90 Å². The van der Waals surface area contributed by atoms with E-state index in [9.17, 15) is 0 Å². The highest BCUT2D eigenvalue weighted by Gasteiger charge is 2.21. The van der Waals surface area contributed by atoms with E-state index in [-0.39, 0.29) is 0 Å². The van der Waals surface area contributed by atoms with Crippen molar-refractivity contribution in [3.63, 3.8) is 0 Å². The Kier molecular flexibility index (Phi) is 5.00. The summed E-state index contributed by atoms with van der Waals surface area (Å²) < 4.78 is 0. The average molecular weight is 373 g/mol. The lowest BCUT2D eigenvalue weighted by Gasteiger charge is -2.33. The summed E-state index contributed by atoms with van der Waals surface area (Å²) in [6.07, 6.45) is 2.81. The molecule has 1 fully saturated rings. The Bertz CT molecular complexity index is 807. The Balaban J connectivity index is 1.35. The Morgan fingerprint density at radius 1 is 1.12 bits per heavy atom. The molecular formula is C17H20N6S2. The molecule has 3 aromatic rings. The fourth-order valence-corrected chi connectivity index (χ4v) is 4.46. The van der Waals surface area contributed by atoms with Crippen LogP contribution in [0.5, 0.6) is 0 Å². The van der Waals surface area contributed by atoms with Crippen LogP contribution in [0, 0.1) is 0 Å². The number of hydrogen-bond acceptors (Lipinski definition) is 8. The Morgan fingerprint density at radius 3 is 2.72 bits per heavy atom. The van der Waals surface area contributed by atoms with E-state index in [1.807, 2.05) is 18.2 Å². The smallest absolute Gasteiger partial charge is 0.208 e. The molecule has 6 nitrogen and oxygen atoms in total. The van der Waals surface area contributed by atoms with Gasteiger partial charge in [-0.3, -0.25) is 9.88 Å². The predicted octanol–water partition coefficient (Wildman–Crippen LogP) is 2.94. The summed E-state index contributed by atoms with van der Waals surface area (Å²) >= 11 is 3.38. The fraction of sp³-hybridized carbons (Fsp3) is 0.412. The largest absolute Gasteiger partial charge is 0.344 e. The predicted molar refractivity (Wildman–Crippen MR) is 102 cm³/mol. The van der Waals surface area contributed by atoms with Gasteiger partial charge in [-0.15, -0.1) is 21.5 Å². The maximum Gasteiger partial charge on any atom is 0.208 e. The van der Waals surface area contributed by atoms with E-state index in [1.165, 1.54) is 10.7 Å². The van der Waals surface area contributed by atoms with E-state index in [2.05, 4.69) is 42.3 Å². The van der Waals surface area contributed by atoms with Crippen molar-refractivity contribution in [2.75, 3.05) is 31.1 Å². The first-order valence-electron chi connectivity index (χ1n) is 8.47. The molecule has 0 atom stereocenters. The van der Waals surface area contributed by atoms with Crippen LogP contribution in [0.2, 0.25) is 0 Å². The quantitative estimate of drug-likeness (QED) is 0.686. The summed E-state index contributed by atoms with van der Waals surface area (Å²) in [5.74, 6) is 0. The van der Waals surface area contributed by atoms with E-state index in [0.29, 0.717) is 0 Å². The van der Waals surface area contributed by atoms with Crippen LogP contribution in [0.3, 0.4) is 0 Å². The number of aryl methyl sites for hydroxylation is 1. The van der Waals surface area contributed by atoms with Crippen molar-refractivity contribution in [3.8, 4) is 10.7 Å². The normalized spacial score (nSPS) is 15.6. The molecule has 130 valence electrons. The van der Waals surface area contributed by atoms with Crippen molar-refractivity contribution in [1.29, 1.82) is 0 Å². The zero-order valence-corrected chi connectivity index (χ0v) is 15.8. The standard InChI is InChI=1S/C17H20N6S2/c1-2-15-19-13(12-24-15)11-22-7-9-23(10-8-22)17-21-20-16(25-17)14-5-3-4-6-18-14/h3-6,12H,2,7-11H2,1H3. The van der Waals surface area contributed by atoms with Crippen molar-refractivity contribution >= 4 is 27.8 Å². The first-order valence-corrected chi connectivity index (χ1v) is 10.2. The maximum atomic E-state index is 4.67. The molecule has 0 spiro atoms. The van der Waals surface area contributed by atoms with E-state index in [4.69, 9.17) is 0 Å². The van der Waals surface area contributed by atoms with Crippen molar-refractivity contribution in [2.24, 2.45) is 0 Å². The third-order valence-corrected chi connectivity index (χ3v) is 6.28. The molecule has 1 aliphatic rings. The molecule has 25 heavy (non-hydrogen) atoms. The maximum absolute atomic E-state index is 4.67. The van der Waals surface area contributed by atoms with Gasteiger partial charge in [-0.25, -0.2) is 4.98 Å². The molecule has 0 N–H and O–H groups in total. The van der Waals surface area contributed by atoms with E-state index >= 15 is 0 Å². The number of pyridine rings is 1. The van der Waals surface area contributed by atoms with Gasteiger partial charge in [-0.2, -0.15) is 0 Å². The lowest BCUT2D eigenvalue weighted by atomic mass is 10.3. The van der Waals surface area contributed by atoms with Crippen LogP contribution >= 0.6 is 22.7 Å². The van der Waals surface area contributed by atoms with E-state index < -0.39 is 0 Å². The van der Waals surface area contributed by atoms with Gasteiger partial charge in [-0.05, 0) is 18.6 Å². The Labute approximate surface area is 155 Å². The lowest BCUT2D eigenvalue weighted by Crippen LogP contribution is -2.46. The van der Waals surface area contributed by atoms with Crippen LogP contribution in [0.4, 0.5) is 5.13 Å². The van der Waals surface area contributed by atoms with Crippen LogP contribution in [0.25, 0.3) is 10.7 Å². The molecule has 1 aliphatic heterocycles. The van der Waals surface area contributed by atoms with Crippen molar-refractivity contribution < 1.29 is 0 Å². The third-order valence-electron chi connectivity index (χ3n) is 4.23. The number of thiazole rings is 1. The second kappa shape index (κ2) is 7.55. The molecular weight excluding hydrogens is 352 g/mol. The monoisotopic (exact) mass is 372 g/mol. The van der Waals surface area contributed by atoms with Crippen molar-refractivity contribution in [2.45, 2.75) is 19.9 Å². The number of anilines is 1. The van der Waals surface area contributed by atoms with Gasteiger partial charge in [-0.1, -0.05) is 24.3 Å². The molecule has 3 aromatic heterocycles. The number of hydrogen-bond donors (Lipinski definition) is 0. The number of aromatic nitrogens is 4. The van der Waals surface area contributed by atoms with Gasteiger partial charge in [0.2, 0.25) is 5.13 Å². The SMILES string of the molecule is CCc1nc(CN2CCN(c3nnc(-c4ccccn4)s3)CC2)cs1. The molecule has 0 radical (unpaired) electrons. The molecule has 4 heterocycles. The molecule has 0 aliphatic carbocycles. The molecule has 8 heteroatoms. The number of nitrogens with zero attached hydrogens (tertiary/aromatic N) is 6. The minimum absolute atomic E-state index is 0.882. The molecule has 0 amide bonds. The van der Waals surface area contributed by atoms with Crippen LogP contribution in [-0.4, -0.2) is 51.2 Å². The van der Waals surface area contributed by atoms with Gasteiger partial charge in [0.1, 0.15) is 5.69 Å². The van der Waals surface area contributed by atoms with Gasteiger partial charge in [0.05, 0.1) is 10.7 Å². The molecule has 0 saturated carbocycles. The van der Waals surface area contributed by atoms with E-state index in [1.54, 1.807) is 28.9 Å². The number of rotatable bonds is 5. The fourth-order valence-electron chi connectivity index (χ4n) is 2.85. The second-order valence-electron chi connectivity index (χ2n) is 5.95. The second-order valence-corrected chi connectivity index (χ2v) is 7.85.